The smallest absolute Gasteiger partial charge is 0.324 e. The van der Waals surface area contributed by atoms with Crippen molar-refractivity contribution in [2.45, 2.75) is 70.9 Å². The third-order valence-corrected chi connectivity index (χ3v) is 8.12. The molecule has 1 N–H and O–H groups in total. The average Bonchev–Trinajstić information content (AvgIpc) is 3.20. The summed E-state index contributed by atoms with van der Waals surface area (Å²) in [6.45, 7) is 9.73. The van der Waals surface area contributed by atoms with Crippen LogP contribution in [0, 0.1) is 0 Å². The highest BCUT2D eigenvalue weighted by atomic mass is 16.2. The maximum atomic E-state index is 13.6. The minimum atomic E-state index is -0.0564. The molecule has 3 aromatic rings. The number of rotatable bonds is 7. The number of imidazole rings is 1. The maximum absolute atomic E-state index is 13.6. The average molecular weight is 504 g/mol. The van der Waals surface area contributed by atoms with Gasteiger partial charge >= 0.3 is 11.7 Å². The fourth-order valence-electron chi connectivity index (χ4n) is 6.07. The number of aryl methyl sites for hydroxylation is 1. The number of likely N-dealkylation sites (tertiary alicyclic amines) is 2. The summed E-state index contributed by atoms with van der Waals surface area (Å²) in [6.07, 6.45) is 6.47. The highest BCUT2D eigenvalue weighted by Crippen LogP contribution is 2.28. The van der Waals surface area contributed by atoms with E-state index in [-0.39, 0.29) is 17.8 Å². The predicted octanol–water partition coefficient (Wildman–Crippen LogP) is 5.67. The number of anilines is 1. The molecule has 1 aromatic heterocycles. The summed E-state index contributed by atoms with van der Waals surface area (Å²) in [6, 6.07) is 16.2. The molecule has 198 valence electrons. The van der Waals surface area contributed by atoms with Crippen LogP contribution in [-0.4, -0.2) is 57.7 Å². The summed E-state index contributed by atoms with van der Waals surface area (Å²) in [5, 5.41) is 3.12. The van der Waals surface area contributed by atoms with Gasteiger partial charge in [0.1, 0.15) is 0 Å². The Morgan fingerprint density at radius 2 is 1.57 bits per heavy atom. The number of piperidine rings is 2. The Morgan fingerprint density at radius 3 is 2.30 bits per heavy atom. The second-order valence-electron chi connectivity index (χ2n) is 10.9. The van der Waals surface area contributed by atoms with Gasteiger partial charge in [-0.1, -0.05) is 50.6 Å². The molecule has 0 radical (unpaired) electrons. The molecule has 0 aliphatic carbocycles. The number of fused-ring (bicyclic) bond motifs is 1. The van der Waals surface area contributed by atoms with E-state index in [1.807, 2.05) is 44.4 Å². The Bertz CT molecular complexity index is 1260. The van der Waals surface area contributed by atoms with Crippen molar-refractivity contribution in [1.82, 2.24) is 18.9 Å². The Balaban J connectivity index is 1.25. The number of hydrogen-bond acceptors (Lipinski definition) is 3. The number of nitrogens with one attached hydrogen (secondary N) is 1. The molecule has 7 heteroatoms. The molecule has 0 saturated carbocycles. The van der Waals surface area contributed by atoms with Gasteiger partial charge < -0.3 is 15.1 Å². The van der Waals surface area contributed by atoms with Crippen molar-refractivity contribution >= 4 is 22.8 Å². The number of hydrogen-bond donors (Lipinski definition) is 1. The number of carbonyl (C=O) groups is 1. The molecule has 0 unspecified atom stereocenters. The van der Waals surface area contributed by atoms with Crippen LogP contribution in [-0.2, 0) is 6.54 Å². The molecule has 0 spiro atoms. The molecule has 2 amide bonds. The van der Waals surface area contributed by atoms with Gasteiger partial charge in [-0.25, -0.2) is 9.59 Å². The van der Waals surface area contributed by atoms with Crippen molar-refractivity contribution in [3.8, 4) is 0 Å². The predicted molar refractivity (Wildman–Crippen MR) is 150 cm³/mol. The first-order valence-electron chi connectivity index (χ1n) is 14.1. The van der Waals surface area contributed by atoms with E-state index in [4.69, 9.17) is 0 Å². The van der Waals surface area contributed by atoms with E-state index in [0.29, 0.717) is 19.0 Å². The first kappa shape index (κ1) is 25.6. The first-order chi connectivity index (χ1) is 18.0. The van der Waals surface area contributed by atoms with E-state index in [0.717, 1.165) is 54.6 Å². The zero-order valence-corrected chi connectivity index (χ0v) is 22.4. The quantitative estimate of drug-likeness (QED) is 0.452. The summed E-state index contributed by atoms with van der Waals surface area (Å²) >= 11 is 0. The lowest BCUT2D eigenvalue weighted by Crippen LogP contribution is -2.43. The molecule has 7 nitrogen and oxygen atoms in total. The fraction of sp³-hybridized carbons (Fsp3) is 0.533. The van der Waals surface area contributed by atoms with Crippen LogP contribution < -0.4 is 11.0 Å². The van der Waals surface area contributed by atoms with Gasteiger partial charge in [-0.15, -0.1) is 0 Å². The number of carbonyl (C=O) groups excluding carboxylic acids is 1. The van der Waals surface area contributed by atoms with E-state index < -0.39 is 0 Å². The Hall–Kier alpha value is -3.06. The standard InChI is InChI=1S/C30H41N5O2/c1-23(2)25-11-4-5-12-26(25)31-29(36)33-21-15-24(16-22-33)35-28-14-7-6-13-27(28)34(30(35)37)20-10-19-32-17-8-3-9-18-32/h4-7,11-14,23-24H,3,8-10,15-22H2,1-2H3,(H,31,36). The lowest BCUT2D eigenvalue weighted by Gasteiger charge is -2.33. The van der Waals surface area contributed by atoms with Gasteiger partial charge in [0.05, 0.1) is 11.0 Å². The van der Waals surface area contributed by atoms with Gasteiger partial charge in [0.15, 0.2) is 0 Å². The number of para-hydroxylation sites is 3. The van der Waals surface area contributed by atoms with Crippen molar-refractivity contribution in [2.24, 2.45) is 0 Å². The SMILES string of the molecule is CC(C)c1ccccc1NC(=O)N1CCC(n2c(=O)n(CCCN3CCCCC3)c3ccccc32)CC1. The Morgan fingerprint density at radius 1 is 0.892 bits per heavy atom. The van der Waals surface area contributed by atoms with Crippen molar-refractivity contribution in [3.05, 3.63) is 64.6 Å². The molecule has 2 aromatic carbocycles. The number of nitrogens with zero attached hydrogens (tertiary/aromatic N) is 4. The number of aromatic nitrogens is 2. The van der Waals surface area contributed by atoms with Crippen LogP contribution in [0.4, 0.5) is 10.5 Å². The third kappa shape index (κ3) is 5.61. The first-order valence-corrected chi connectivity index (χ1v) is 14.1. The number of benzene rings is 2. The Labute approximate surface area is 220 Å². The Kier molecular flexibility index (Phi) is 7.99. The van der Waals surface area contributed by atoms with E-state index in [9.17, 15) is 9.59 Å². The van der Waals surface area contributed by atoms with Crippen molar-refractivity contribution in [2.75, 3.05) is 38.0 Å². The molecular weight excluding hydrogens is 462 g/mol. The van der Waals surface area contributed by atoms with Gasteiger partial charge in [-0.2, -0.15) is 0 Å². The molecule has 0 atom stereocenters. The molecule has 2 aliphatic rings. The topological polar surface area (TPSA) is 62.5 Å². The molecule has 37 heavy (non-hydrogen) atoms. The van der Waals surface area contributed by atoms with E-state index >= 15 is 0 Å². The summed E-state index contributed by atoms with van der Waals surface area (Å²) < 4.78 is 3.97. The fourth-order valence-corrected chi connectivity index (χ4v) is 6.07. The van der Waals surface area contributed by atoms with Gasteiger partial charge in [0, 0.05) is 31.4 Å². The van der Waals surface area contributed by atoms with Gasteiger partial charge in [-0.3, -0.25) is 9.13 Å². The maximum Gasteiger partial charge on any atom is 0.329 e. The molecule has 2 fully saturated rings. The summed E-state index contributed by atoms with van der Waals surface area (Å²) in [4.78, 5) is 31.1. The number of urea groups is 1. The normalized spacial score (nSPS) is 17.5. The van der Waals surface area contributed by atoms with Crippen molar-refractivity contribution in [3.63, 3.8) is 0 Å². The molecule has 0 bridgehead atoms. The molecule has 5 rings (SSSR count). The van der Waals surface area contributed by atoms with Gasteiger partial charge in [0.25, 0.3) is 0 Å². The highest BCUT2D eigenvalue weighted by molar-refractivity contribution is 5.90. The lowest BCUT2D eigenvalue weighted by atomic mass is 10.0. The molecule has 2 saturated heterocycles. The summed E-state index contributed by atoms with van der Waals surface area (Å²) in [5.41, 5.74) is 4.16. The van der Waals surface area contributed by atoms with Gasteiger partial charge in [0.2, 0.25) is 0 Å². The van der Waals surface area contributed by atoms with Crippen LogP contribution in [0.2, 0.25) is 0 Å². The second-order valence-corrected chi connectivity index (χ2v) is 10.9. The van der Waals surface area contributed by atoms with E-state index in [1.165, 1.54) is 32.4 Å². The minimum Gasteiger partial charge on any atom is -0.324 e. The number of amides is 2. The molecule has 3 heterocycles. The van der Waals surface area contributed by atoms with Crippen LogP contribution in [0.5, 0.6) is 0 Å². The minimum absolute atomic E-state index is 0.0564. The highest BCUT2D eigenvalue weighted by Gasteiger charge is 2.27. The second kappa shape index (κ2) is 11.5. The van der Waals surface area contributed by atoms with Gasteiger partial charge in [-0.05, 0) is 81.4 Å². The van der Waals surface area contributed by atoms with Crippen LogP contribution >= 0.6 is 0 Å². The van der Waals surface area contributed by atoms with Crippen molar-refractivity contribution in [1.29, 1.82) is 0 Å². The lowest BCUT2D eigenvalue weighted by molar-refractivity contribution is 0.183. The molecular formula is C30H41N5O2. The van der Waals surface area contributed by atoms with E-state index in [2.05, 4.69) is 42.3 Å². The van der Waals surface area contributed by atoms with Crippen LogP contribution in [0.3, 0.4) is 0 Å². The van der Waals surface area contributed by atoms with E-state index in [1.54, 1.807) is 0 Å². The molecule has 2 aliphatic heterocycles. The largest absolute Gasteiger partial charge is 0.329 e. The third-order valence-electron chi connectivity index (χ3n) is 8.12. The zero-order chi connectivity index (χ0) is 25.8. The summed E-state index contributed by atoms with van der Waals surface area (Å²) in [5.74, 6) is 0.339. The van der Waals surface area contributed by atoms with Crippen LogP contribution in [0.25, 0.3) is 11.0 Å². The van der Waals surface area contributed by atoms with Crippen molar-refractivity contribution < 1.29 is 4.79 Å². The summed E-state index contributed by atoms with van der Waals surface area (Å²) in [7, 11) is 0. The monoisotopic (exact) mass is 503 g/mol. The van der Waals surface area contributed by atoms with Crippen LogP contribution in [0.1, 0.15) is 69.9 Å². The van der Waals surface area contributed by atoms with Crippen LogP contribution in [0.15, 0.2) is 53.3 Å². The zero-order valence-electron chi connectivity index (χ0n) is 22.4.